The third-order valence-corrected chi connectivity index (χ3v) is 4.78. The molecule has 0 aliphatic rings. The Morgan fingerprint density at radius 2 is 1.83 bits per heavy atom. The standard InChI is InChI=1S/C15H21F3N2O3S/c1-11(2)20(24(3,22)23)10-6-9-19-14(21)12-7-4-5-8-13(12)15(16,17)18/h4-5,7-8,11H,6,9-10H2,1-3H3,(H,19,21). The van der Waals surface area contributed by atoms with E-state index in [0.717, 1.165) is 18.4 Å². The molecule has 0 saturated carbocycles. The number of alkyl halides is 3. The number of benzene rings is 1. The van der Waals surface area contributed by atoms with Crippen LogP contribution >= 0.6 is 0 Å². The zero-order chi connectivity index (χ0) is 18.5. The molecule has 24 heavy (non-hydrogen) atoms. The maximum Gasteiger partial charge on any atom is 0.417 e. The van der Waals surface area contributed by atoms with E-state index >= 15 is 0 Å². The van der Waals surface area contributed by atoms with Crippen molar-refractivity contribution in [2.24, 2.45) is 0 Å². The summed E-state index contributed by atoms with van der Waals surface area (Å²) in [6.45, 7) is 3.69. The Labute approximate surface area is 139 Å². The van der Waals surface area contributed by atoms with Crippen molar-refractivity contribution in [3.05, 3.63) is 35.4 Å². The largest absolute Gasteiger partial charge is 0.417 e. The molecule has 1 rings (SSSR count). The van der Waals surface area contributed by atoms with Gasteiger partial charge in [0.1, 0.15) is 0 Å². The van der Waals surface area contributed by atoms with Crippen LogP contribution in [0.1, 0.15) is 36.2 Å². The van der Waals surface area contributed by atoms with Gasteiger partial charge in [0.25, 0.3) is 5.91 Å². The molecule has 0 saturated heterocycles. The van der Waals surface area contributed by atoms with Crippen molar-refractivity contribution < 1.29 is 26.4 Å². The van der Waals surface area contributed by atoms with Gasteiger partial charge in [-0.15, -0.1) is 0 Å². The van der Waals surface area contributed by atoms with Gasteiger partial charge in [-0.25, -0.2) is 8.42 Å². The van der Waals surface area contributed by atoms with Gasteiger partial charge in [0, 0.05) is 19.1 Å². The van der Waals surface area contributed by atoms with Crippen molar-refractivity contribution in [1.29, 1.82) is 0 Å². The van der Waals surface area contributed by atoms with Gasteiger partial charge in [-0.3, -0.25) is 4.79 Å². The maximum atomic E-state index is 12.9. The van der Waals surface area contributed by atoms with E-state index in [-0.39, 0.29) is 19.1 Å². The van der Waals surface area contributed by atoms with E-state index in [2.05, 4.69) is 5.32 Å². The topological polar surface area (TPSA) is 66.5 Å². The van der Waals surface area contributed by atoms with E-state index < -0.39 is 33.2 Å². The van der Waals surface area contributed by atoms with Crippen LogP contribution in [0.3, 0.4) is 0 Å². The van der Waals surface area contributed by atoms with Gasteiger partial charge in [0.2, 0.25) is 10.0 Å². The summed E-state index contributed by atoms with van der Waals surface area (Å²) in [5.74, 6) is -0.835. The fourth-order valence-electron chi connectivity index (χ4n) is 2.27. The number of nitrogens with zero attached hydrogens (tertiary/aromatic N) is 1. The van der Waals surface area contributed by atoms with E-state index in [1.807, 2.05) is 0 Å². The Bertz CT molecular complexity index is 673. The van der Waals surface area contributed by atoms with Crippen molar-refractivity contribution in [1.82, 2.24) is 9.62 Å². The first-order chi connectivity index (χ1) is 10.9. The molecule has 0 aliphatic carbocycles. The number of carbonyl (C=O) groups is 1. The predicted molar refractivity (Wildman–Crippen MR) is 85.1 cm³/mol. The molecular formula is C15H21F3N2O3S. The van der Waals surface area contributed by atoms with Gasteiger partial charge in [-0.2, -0.15) is 17.5 Å². The minimum atomic E-state index is -4.61. The van der Waals surface area contributed by atoms with Crippen LogP contribution in [0.2, 0.25) is 0 Å². The Balaban J connectivity index is 2.66. The van der Waals surface area contributed by atoms with Gasteiger partial charge in [0.15, 0.2) is 0 Å². The van der Waals surface area contributed by atoms with Gasteiger partial charge >= 0.3 is 6.18 Å². The zero-order valence-electron chi connectivity index (χ0n) is 13.7. The smallest absolute Gasteiger partial charge is 0.352 e. The lowest BCUT2D eigenvalue weighted by molar-refractivity contribution is -0.137. The number of halogens is 3. The molecule has 1 aromatic carbocycles. The number of nitrogens with one attached hydrogen (secondary N) is 1. The molecule has 0 aromatic heterocycles. The Hall–Kier alpha value is -1.61. The first-order valence-electron chi connectivity index (χ1n) is 7.36. The summed E-state index contributed by atoms with van der Waals surface area (Å²) in [6, 6.07) is 4.29. The van der Waals surface area contributed by atoms with Crippen LogP contribution < -0.4 is 5.32 Å². The van der Waals surface area contributed by atoms with Crippen LogP contribution in [-0.2, 0) is 16.2 Å². The molecule has 0 radical (unpaired) electrons. The van der Waals surface area contributed by atoms with E-state index in [1.165, 1.54) is 16.4 Å². The van der Waals surface area contributed by atoms with Crippen LogP contribution in [0.15, 0.2) is 24.3 Å². The molecule has 0 unspecified atom stereocenters. The average molecular weight is 366 g/mol. The molecule has 9 heteroatoms. The fraction of sp³-hybridized carbons (Fsp3) is 0.533. The second kappa shape index (κ2) is 7.98. The number of amides is 1. The first-order valence-corrected chi connectivity index (χ1v) is 9.20. The number of hydrogen-bond donors (Lipinski definition) is 1. The second-order valence-electron chi connectivity index (χ2n) is 5.62. The molecule has 1 N–H and O–H groups in total. The molecule has 0 atom stereocenters. The van der Waals surface area contributed by atoms with E-state index in [0.29, 0.717) is 6.42 Å². The molecular weight excluding hydrogens is 345 g/mol. The Kier molecular flexibility index (Phi) is 6.79. The quantitative estimate of drug-likeness (QED) is 0.754. The van der Waals surface area contributed by atoms with Crippen LogP contribution in [0.5, 0.6) is 0 Å². The molecule has 0 fully saturated rings. The minimum Gasteiger partial charge on any atom is -0.352 e. The molecule has 0 aliphatic heterocycles. The zero-order valence-corrected chi connectivity index (χ0v) is 14.5. The van der Waals surface area contributed by atoms with Crippen molar-refractivity contribution in [3.63, 3.8) is 0 Å². The number of rotatable bonds is 7. The van der Waals surface area contributed by atoms with Crippen LogP contribution in [0, 0.1) is 0 Å². The highest BCUT2D eigenvalue weighted by Crippen LogP contribution is 2.31. The van der Waals surface area contributed by atoms with Crippen molar-refractivity contribution in [2.45, 2.75) is 32.5 Å². The van der Waals surface area contributed by atoms with Gasteiger partial charge in [-0.05, 0) is 32.4 Å². The molecule has 5 nitrogen and oxygen atoms in total. The van der Waals surface area contributed by atoms with Gasteiger partial charge in [-0.1, -0.05) is 12.1 Å². The average Bonchev–Trinajstić information content (AvgIpc) is 2.44. The monoisotopic (exact) mass is 366 g/mol. The van der Waals surface area contributed by atoms with Crippen LogP contribution in [0.4, 0.5) is 13.2 Å². The molecule has 0 bridgehead atoms. The molecule has 136 valence electrons. The van der Waals surface area contributed by atoms with Crippen molar-refractivity contribution in [3.8, 4) is 0 Å². The normalized spacial score (nSPS) is 12.7. The summed E-state index contributed by atoms with van der Waals surface area (Å²) in [4.78, 5) is 11.9. The van der Waals surface area contributed by atoms with Gasteiger partial charge < -0.3 is 5.32 Å². The summed E-state index contributed by atoms with van der Waals surface area (Å²) in [5.41, 5.74) is -1.45. The Morgan fingerprint density at radius 1 is 1.25 bits per heavy atom. The van der Waals surface area contributed by atoms with Crippen molar-refractivity contribution >= 4 is 15.9 Å². The summed E-state index contributed by atoms with van der Waals surface area (Å²) in [6.07, 6.45) is -3.23. The number of carbonyl (C=O) groups excluding carboxylic acids is 1. The number of sulfonamides is 1. The third-order valence-electron chi connectivity index (χ3n) is 3.32. The highest BCUT2D eigenvalue weighted by atomic mass is 32.2. The minimum absolute atomic E-state index is 0.0732. The lowest BCUT2D eigenvalue weighted by Gasteiger charge is -2.23. The third kappa shape index (κ3) is 5.79. The van der Waals surface area contributed by atoms with Crippen LogP contribution in [-0.4, -0.2) is 44.0 Å². The van der Waals surface area contributed by atoms with Crippen LogP contribution in [0.25, 0.3) is 0 Å². The lowest BCUT2D eigenvalue weighted by Crippen LogP contribution is -2.38. The molecule has 1 amide bonds. The molecule has 1 aromatic rings. The molecule has 0 heterocycles. The summed E-state index contributed by atoms with van der Waals surface area (Å²) < 4.78 is 63.1. The Morgan fingerprint density at radius 3 is 2.33 bits per heavy atom. The fourth-order valence-corrected chi connectivity index (χ4v) is 3.49. The number of hydrogen-bond acceptors (Lipinski definition) is 3. The van der Waals surface area contributed by atoms with E-state index in [9.17, 15) is 26.4 Å². The highest BCUT2D eigenvalue weighted by molar-refractivity contribution is 7.88. The van der Waals surface area contributed by atoms with E-state index in [4.69, 9.17) is 0 Å². The summed E-state index contributed by atoms with van der Waals surface area (Å²) in [7, 11) is -3.37. The highest BCUT2D eigenvalue weighted by Gasteiger charge is 2.34. The maximum absolute atomic E-state index is 12.9. The predicted octanol–water partition coefficient (Wildman–Crippen LogP) is 2.50. The summed E-state index contributed by atoms with van der Waals surface area (Å²) >= 11 is 0. The van der Waals surface area contributed by atoms with Gasteiger partial charge in [0.05, 0.1) is 17.4 Å². The lowest BCUT2D eigenvalue weighted by atomic mass is 10.1. The second-order valence-corrected chi connectivity index (χ2v) is 7.56. The summed E-state index contributed by atoms with van der Waals surface area (Å²) in [5, 5.41) is 2.40. The molecule has 0 spiro atoms. The van der Waals surface area contributed by atoms with Crippen molar-refractivity contribution in [2.75, 3.05) is 19.3 Å². The van der Waals surface area contributed by atoms with E-state index in [1.54, 1.807) is 13.8 Å². The first kappa shape index (κ1) is 20.4. The SMILES string of the molecule is CC(C)N(CCCNC(=O)c1ccccc1C(F)(F)F)S(C)(=O)=O.